The average molecular weight is 269 g/mol. The molecule has 1 amide bonds. The summed E-state index contributed by atoms with van der Waals surface area (Å²) < 4.78 is 11.3. The van der Waals surface area contributed by atoms with Crippen LogP contribution in [-0.4, -0.2) is 25.7 Å². The number of carbonyl (C=O) groups is 1. The molecular formula is C16H15NO3. The number of carbonyl (C=O) groups excluding carboxylic acids is 1. The van der Waals surface area contributed by atoms with Crippen LogP contribution < -0.4 is 14.4 Å². The minimum Gasteiger partial charge on any atom is -0.485 e. The van der Waals surface area contributed by atoms with Crippen LogP contribution in [0, 0.1) is 0 Å². The molecule has 0 aliphatic carbocycles. The standard InChI is InChI=1S/C16H15NO3/c1-17(12-7-3-2-4-8-12)16(18)15-11-19-13-9-5-6-10-14(13)20-15/h2-10,15H,11H2,1H3. The molecule has 0 bridgehead atoms. The summed E-state index contributed by atoms with van der Waals surface area (Å²) in [5.74, 6) is 1.17. The highest BCUT2D eigenvalue weighted by molar-refractivity contribution is 5.96. The zero-order valence-electron chi connectivity index (χ0n) is 11.2. The number of likely N-dealkylation sites (N-methyl/N-ethyl adjacent to an activating group) is 1. The monoisotopic (exact) mass is 269 g/mol. The Kier molecular flexibility index (Phi) is 3.29. The molecule has 2 aromatic rings. The second-order valence-corrected chi connectivity index (χ2v) is 4.60. The number of ether oxygens (including phenoxy) is 2. The molecule has 0 saturated heterocycles. The molecule has 1 aliphatic rings. The molecule has 2 aromatic carbocycles. The van der Waals surface area contributed by atoms with E-state index in [0.29, 0.717) is 11.5 Å². The molecule has 4 nitrogen and oxygen atoms in total. The number of hydrogen-bond donors (Lipinski definition) is 0. The van der Waals surface area contributed by atoms with Gasteiger partial charge in [-0.1, -0.05) is 30.3 Å². The van der Waals surface area contributed by atoms with Crippen LogP contribution in [0.1, 0.15) is 0 Å². The van der Waals surface area contributed by atoms with Crippen molar-refractivity contribution in [1.29, 1.82) is 0 Å². The molecule has 102 valence electrons. The lowest BCUT2D eigenvalue weighted by atomic mass is 10.2. The normalized spacial score (nSPS) is 16.6. The van der Waals surface area contributed by atoms with Gasteiger partial charge in [0.1, 0.15) is 6.61 Å². The summed E-state index contributed by atoms with van der Waals surface area (Å²) in [7, 11) is 1.74. The van der Waals surface area contributed by atoms with Gasteiger partial charge in [-0.25, -0.2) is 0 Å². The van der Waals surface area contributed by atoms with Crippen molar-refractivity contribution in [2.75, 3.05) is 18.6 Å². The third kappa shape index (κ3) is 2.32. The number of rotatable bonds is 2. The summed E-state index contributed by atoms with van der Waals surface area (Å²) in [6.45, 7) is 0.229. The van der Waals surface area contributed by atoms with Crippen LogP contribution in [0.3, 0.4) is 0 Å². The Morgan fingerprint density at radius 1 is 1.05 bits per heavy atom. The quantitative estimate of drug-likeness (QED) is 0.840. The van der Waals surface area contributed by atoms with Gasteiger partial charge in [0.15, 0.2) is 11.5 Å². The molecule has 1 atom stereocenters. The van der Waals surface area contributed by atoms with E-state index in [-0.39, 0.29) is 12.5 Å². The highest BCUT2D eigenvalue weighted by atomic mass is 16.6. The second kappa shape index (κ2) is 5.25. The molecule has 0 saturated carbocycles. The highest BCUT2D eigenvalue weighted by Gasteiger charge is 2.30. The van der Waals surface area contributed by atoms with Gasteiger partial charge in [-0.2, -0.15) is 0 Å². The molecule has 4 heteroatoms. The van der Waals surface area contributed by atoms with E-state index in [2.05, 4.69) is 0 Å². The van der Waals surface area contributed by atoms with Crippen LogP contribution in [0.5, 0.6) is 11.5 Å². The lowest BCUT2D eigenvalue weighted by molar-refractivity contribution is -0.127. The third-order valence-electron chi connectivity index (χ3n) is 3.26. The fourth-order valence-corrected chi connectivity index (χ4v) is 2.14. The first-order chi connectivity index (χ1) is 9.75. The fraction of sp³-hybridized carbons (Fsp3) is 0.188. The third-order valence-corrected chi connectivity index (χ3v) is 3.26. The number of benzene rings is 2. The molecule has 0 fully saturated rings. The topological polar surface area (TPSA) is 38.8 Å². The Balaban J connectivity index is 1.76. The Morgan fingerprint density at radius 3 is 2.45 bits per heavy atom. The Bertz CT molecular complexity index is 612. The van der Waals surface area contributed by atoms with E-state index < -0.39 is 6.10 Å². The van der Waals surface area contributed by atoms with Crippen LogP contribution in [-0.2, 0) is 4.79 Å². The summed E-state index contributed by atoms with van der Waals surface area (Å²) in [5.41, 5.74) is 0.833. The average Bonchev–Trinajstić information content (AvgIpc) is 2.54. The highest BCUT2D eigenvalue weighted by Crippen LogP contribution is 2.31. The van der Waals surface area contributed by atoms with E-state index in [4.69, 9.17) is 9.47 Å². The van der Waals surface area contributed by atoms with Crippen molar-refractivity contribution in [3.05, 3.63) is 54.6 Å². The minimum atomic E-state index is -0.616. The van der Waals surface area contributed by atoms with Crippen molar-refractivity contribution in [3.63, 3.8) is 0 Å². The van der Waals surface area contributed by atoms with Crippen molar-refractivity contribution in [2.24, 2.45) is 0 Å². The van der Waals surface area contributed by atoms with E-state index in [0.717, 1.165) is 5.69 Å². The fourth-order valence-electron chi connectivity index (χ4n) is 2.14. The van der Waals surface area contributed by atoms with Crippen molar-refractivity contribution >= 4 is 11.6 Å². The smallest absolute Gasteiger partial charge is 0.271 e. The molecule has 0 aromatic heterocycles. The molecule has 1 aliphatic heterocycles. The van der Waals surface area contributed by atoms with Crippen LogP contribution >= 0.6 is 0 Å². The van der Waals surface area contributed by atoms with E-state index >= 15 is 0 Å². The van der Waals surface area contributed by atoms with Crippen molar-refractivity contribution in [2.45, 2.75) is 6.10 Å². The molecule has 1 unspecified atom stereocenters. The molecule has 0 N–H and O–H groups in total. The van der Waals surface area contributed by atoms with Gasteiger partial charge in [0.05, 0.1) is 0 Å². The number of para-hydroxylation sites is 3. The first-order valence-corrected chi connectivity index (χ1v) is 6.47. The van der Waals surface area contributed by atoms with Gasteiger partial charge in [0, 0.05) is 12.7 Å². The Hall–Kier alpha value is -2.49. The van der Waals surface area contributed by atoms with Crippen LogP contribution in [0.4, 0.5) is 5.69 Å². The summed E-state index contributed by atoms with van der Waals surface area (Å²) in [6.07, 6.45) is -0.616. The molecule has 0 spiro atoms. The number of fused-ring (bicyclic) bond motifs is 1. The second-order valence-electron chi connectivity index (χ2n) is 4.60. The zero-order chi connectivity index (χ0) is 13.9. The van der Waals surface area contributed by atoms with Gasteiger partial charge in [-0.15, -0.1) is 0 Å². The maximum absolute atomic E-state index is 12.4. The van der Waals surface area contributed by atoms with Gasteiger partial charge in [0.25, 0.3) is 5.91 Å². The lowest BCUT2D eigenvalue weighted by Gasteiger charge is -2.28. The zero-order valence-corrected chi connectivity index (χ0v) is 11.2. The number of amides is 1. The van der Waals surface area contributed by atoms with Crippen molar-refractivity contribution in [1.82, 2.24) is 0 Å². The Labute approximate surface area is 117 Å². The first-order valence-electron chi connectivity index (χ1n) is 6.47. The molecule has 3 rings (SSSR count). The molecule has 20 heavy (non-hydrogen) atoms. The summed E-state index contributed by atoms with van der Waals surface area (Å²) >= 11 is 0. The lowest BCUT2D eigenvalue weighted by Crippen LogP contribution is -2.45. The summed E-state index contributed by atoms with van der Waals surface area (Å²) in [4.78, 5) is 14.0. The van der Waals surface area contributed by atoms with E-state index in [1.165, 1.54) is 0 Å². The summed E-state index contributed by atoms with van der Waals surface area (Å²) in [6, 6.07) is 16.8. The maximum atomic E-state index is 12.4. The molecule has 0 radical (unpaired) electrons. The SMILES string of the molecule is CN(C(=O)C1COc2ccccc2O1)c1ccccc1. The van der Waals surface area contributed by atoms with Gasteiger partial charge >= 0.3 is 0 Å². The van der Waals surface area contributed by atoms with Gasteiger partial charge in [-0.05, 0) is 24.3 Å². The van der Waals surface area contributed by atoms with Crippen molar-refractivity contribution < 1.29 is 14.3 Å². The largest absolute Gasteiger partial charge is 0.485 e. The Morgan fingerprint density at radius 2 is 1.70 bits per heavy atom. The number of nitrogens with zero attached hydrogens (tertiary/aromatic N) is 1. The van der Waals surface area contributed by atoms with Gasteiger partial charge in [0.2, 0.25) is 6.10 Å². The van der Waals surface area contributed by atoms with E-state index in [1.807, 2.05) is 48.5 Å². The van der Waals surface area contributed by atoms with Crippen LogP contribution in [0.25, 0.3) is 0 Å². The minimum absolute atomic E-state index is 0.120. The van der Waals surface area contributed by atoms with Crippen LogP contribution in [0.15, 0.2) is 54.6 Å². The van der Waals surface area contributed by atoms with Crippen LogP contribution in [0.2, 0.25) is 0 Å². The molecular weight excluding hydrogens is 254 g/mol. The maximum Gasteiger partial charge on any atom is 0.271 e. The number of hydrogen-bond acceptors (Lipinski definition) is 3. The van der Waals surface area contributed by atoms with Crippen molar-refractivity contribution in [3.8, 4) is 11.5 Å². The predicted molar refractivity (Wildman–Crippen MR) is 76.2 cm³/mol. The van der Waals surface area contributed by atoms with E-state index in [1.54, 1.807) is 18.0 Å². The van der Waals surface area contributed by atoms with E-state index in [9.17, 15) is 4.79 Å². The predicted octanol–water partition coefficient (Wildman–Crippen LogP) is 2.49. The number of anilines is 1. The van der Waals surface area contributed by atoms with Gasteiger partial charge in [-0.3, -0.25) is 4.79 Å². The summed E-state index contributed by atoms with van der Waals surface area (Å²) in [5, 5.41) is 0. The van der Waals surface area contributed by atoms with Gasteiger partial charge < -0.3 is 14.4 Å². The first kappa shape index (κ1) is 12.5. The molecule has 1 heterocycles.